The van der Waals surface area contributed by atoms with Crippen molar-refractivity contribution >= 4 is 11.9 Å². The van der Waals surface area contributed by atoms with Gasteiger partial charge in [-0.3, -0.25) is 4.79 Å². The number of nitrogens with two attached hydrogens (primary N) is 1. The van der Waals surface area contributed by atoms with Gasteiger partial charge in [-0.05, 0) is 44.6 Å². The number of carbonyl (C=O) groups excluding carboxylic acids is 1. The molecule has 0 spiro atoms. The third-order valence-electron chi connectivity index (χ3n) is 4.77. The smallest absolute Gasteiger partial charge is 0.329 e. The maximum atomic E-state index is 12.5. The van der Waals surface area contributed by atoms with E-state index in [1.807, 2.05) is 6.92 Å². The van der Waals surface area contributed by atoms with Crippen LogP contribution in [0.15, 0.2) is 0 Å². The van der Waals surface area contributed by atoms with Crippen LogP contribution in [0.5, 0.6) is 0 Å². The van der Waals surface area contributed by atoms with Gasteiger partial charge in [0.15, 0.2) is 0 Å². The predicted octanol–water partition coefficient (Wildman–Crippen LogP) is 2.39. The van der Waals surface area contributed by atoms with Crippen LogP contribution in [0.4, 0.5) is 0 Å². The van der Waals surface area contributed by atoms with Crippen LogP contribution in [0.1, 0.15) is 65.2 Å². The molecule has 0 saturated carbocycles. The number of hydrogen-bond acceptors (Lipinski definition) is 3. The molecule has 0 aromatic carbocycles. The fourth-order valence-corrected chi connectivity index (χ4v) is 3.50. The number of nitrogens with zero attached hydrogens (tertiary/aromatic N) is 1. The summed E-state index contributed by atoms with van der Waals surface area (Å²) >= 11 is 0. The summed E-state index contributed by atoms with van der Waals surface area (Å²) in [7, 11) is 0. The van der Waals surface area contributed by atoms with Crippen molar-refractivity contribution in [2.24, 2.45) is 11.7 Å². The molecule has 0 radical (unpaired) electrons. The lowest BCUT2D eigenvalue weighted by atomic mass is 9.90. The molecule has 1 aliphatic rings. The van der Waals surface area contributed by atoms with Crippen LogP contribution in [-0.4, -0.2) is 40.5 Å². The minimum Gasteiger partial charge on any atom is -0.479 e. The molecule has 2 atom stereocenters. The van der Waals surface area contributed by atoms with E-state index in [9.17, 15) is 14.7 Å². The fourth-order valence-electron chi connectivity index (χ4n) is 3.50. The number of carbonyl (C=O) groups is 2. The summed E-state index contributed by atoms with van der Waals surface area (Å²) in [6, 6.07) is 0. The molecular weight excluding hydrogens is 268 g/mol. The molecule has 1 amide bonds. The average Bonchev–Trinajstić information content (AvgIpc) is 2.88. The summed E-state index contributed by atoms with van der Waals surface area (Å²) in [5, 5.41) is 9.61. The Labute approximate surface area is 127 Å². The number of likely N-dealkylation sites (tertiary alicyclic amines) is 1. The summed E-state index contributed by atoms with van der Waals surface area (Å²) < 4.78 is 0. The zero-order valence-electron chi connectivity index (χ0n) is 13.4. The molecule has 0 aromatic rings. The Morgan fingerprint density at radius 3 is 2.57 bits per heavy atom. The molecular formula is C16H30N2O3. The first-order valence-electron chi connectivity index (χ1n) is 8.25. The summed E-state index contributed by atoms with van der Waals surface area (Å²) in [5.41, 5.74) is 4.63. The highest BCUT2D eigenvalue weighted by Crippen LogP contribution is 2.35. The Hall–Kier alpha value is -1.10. The first-order valence-corrected chi connectivity index (χ1v) is 8.25. The van der Waals surface area contributed by atoms with Crippen molar-refractivity contribution in [3.05, 3.63) is 0 Å². The second-order valence-electron chi connectivity index (χ2n) is 6.13. The molecule has 0 aliphatic carbocycles. The maximum Gasteiger partial charge on any atom is 0.329 e. The van der Waals surface area contributed by atoms with Gasteiger partial charge in [0.1, 0.15) is 5.54 Å². The molecule has 1 aliphatic heterocycles. The largest absolute Gasteiger partial charge is 0.479 e. The van der Waals surface area contributed by atoms with Crippen molar-refractivity contribution in [2.45, 2.75) is 70.8 Å². The van der Waals surface area contributed by atoms with Crippen LogP contribution in [0, 0.1) is 5.92 Å². The highest BCUT2D eigenvalue weighted by atomic mass is 16.4. The number of rotatable bonds is 9. The van der Waals surface area contributed by atoms with Gasteiger partial charge in [0, 0.05) is 13.0 Å². The second kappa shape index (κ2) is 8.37. The fraction of sp³-hybridized carbons (Fsp3) is 0.875. The van der Waals surface area contributed by atoms with Crippen LogP contribution >= 0.6 is 0 Å². The van der Waals surface area contributed by atoms with Crippen LogP contribution in [0.2, 0.25) is 0 Å². The number of aliphatic carboxylic acids is 1. The van der Waals surface area contributed by atoms with E-state index in [2.05, 4.69) is 6.92 Å². The van der Waals surface area contributed by atoms with Gasteiger partial charge in [0.25, 0.3) is 0 Å². The SMILES string of the molecule is CCCC1(C(=O)O)CCCN1C(=O)CCC(CC)CCN. The minimum absolute atomic E-state index is 0.00109. The van der Waals surface area contributed by atoms with Gasteiger partial charge in [-0.25, -0.2) is 4.79 Å². The Balaban J connectivity index is 2.69. The van der Waals surface area contributed by atoms with Gasteiger partial charge in [0.05, 0.1) is 0 Å². The average molecular weight is 298 g/mol. The van der Waals surface area contributed by atoms with E-state index in [1.54, 1.807) is 4.90 Å². The Morgan fingerprint density at radius 1 is 1.33 bits per heavy atom. The summed E-state index contributed by atoms with van der Waals surface area (Å²) in [6.07, 6.45) is 5.91. The molecule has 122 valence electrons. The van der Waals surface area contributed by atoms with Gasteiger partial charge in [-0.2, -0.15) is 0 Å². The number of carboxylic acid groups (broad SMARTS) is 1. The first kappa shape index (κ1) is 18.0. The quantitative estimate of drug-likeness (QED) is 0.684. The third kappa shape index (κ3) is 4.19. The topological polar surface area (TPSA) is 83.6 Å². The monoisotopic (exact) mass is 298 g/mol. The van der Waals surface area contributed by atoms with Crippen LogP contribution in [0.25, 0.3) is 0 Å². The highest BCUT2D eigenvalue weighted by Gasteiger charge is 2.48. The number of carboxylic acids is 1. The molecule has 1 heterocycles. The molecule has 0 bridgehead atoms. The third-order valence-corrected chi connectivity index (χ3v) is 4.77. The van der Waals surface area contributed by atoms with E-state index in [0.717, 1.165) is 32.1 Å². The molecule has 1 rings (SSSR count). The van der Waals surface area contributed by atoms with Gasteiger partial charge in [0.2, 0.25) is 5.91 Å². The summed E-state index contributed by atoms with van der Waals surface area (Å²) in [6.45, 7) is 5.31. The Bertz CT molecular complexity index is 359. The van der Waals surface area contributed by atoms with E-state index in [0.29, 0.717) is 38.3 Å². The lowest BCUT2D eigenvalue weighted by molar-refractivity contribution is -0.157. The zero-order chi connectivity index (χ0) is 15.9. The van der Waals surface area contributed by atoms with Gasteiger partial charge in [-0.1, -0.05) is 26.7 Å². The molecule has 2 unspecified atom stereocenters. The van der Waals surface area contributed by atoms with E-state index in [-0.39, 0.29) is 5.91 Å². The predicted molar refractivity (Wildman–Crippen MR) is 82.9 cm³/mol. The zero-order valence-corrected chi connectivity index (χ0v) is 13.4. The van der Waals surface area contributed by atoms with Crippen molar-refractivity contribution < 1.29 is 14.7 Å². The lowest BCUT2D eigenvalue weighted by Gasteiger charge is -2.35. The molecule has 3 N–H and O–H groups in total. The van der Waals surface area contributed by atoms with Crippen LogP contribution < -0.4 is 5.73 Å². The van der Waals surface area contributed by atoms with E-state index in [1.165, 1.54) is 0 Å². The summed E-state index contributed by atoms with van der Waals surface area (Å²) in [5.74, 6) is -0.380. The second-order valence-corrected chi connectivity index (χ2v) is 6.13. The summed E-state index contributed by atoms with van der Waals surface area (Å²) in [4.78, 5) is 25.8. The van der Waals surface area contributed by atoms with Gasteiger partial charge >= 0.3 is 5.97 Å². The van der Waals surface area contributed by atoms with Crippen molar-refractivity contribution in [3.8, 4) is 0 Å². The molecule has 5 nitrogen and oxygen atoms in total. The first-order chi connectivity index (χ1) is 10.0. The maximum absolute atomic E-state index is 12.5. The van der Waals surface area contributed by atoms with E-state index < -0.39 is 11.5 Å². The van der Waals surface area contributed by atoms with Gasteiger partial charge in [-0.15, -0.1) is 0 Å². The standard InChI is InChI=1S/C16H30N2O3/c1-3-9-16(15(20)21)10-5-12-18(16)14(19)7-6-13(4-2)8-11-17/h13H,3-12,17H2,1-2H3,(H,20,21). The molecule has 5 heteroatoms. The van der Waals surface area contributed by atoms with Crippen molar-refractivity contribution in [1.29, 1.82) is 0 Å². The molecule has 1 saturated heterocycles. The normalized spacial score (nSPS) is 23.3. The lowest BCUT2D eigenvalue weighted by Crippen LogP contribution is -2.53. The van der Waals surface area contributed by atoms with Crippen molar-refractivity contribution in [3.63, 3.8) is 0 Å². The van der Waals surface area contributed by atoms with Crippen molar-refractivity contribution in [2.75, 3.05) is 13.1 Å². The number of hydrogen-bond donors (Lipinski definition) is 2. The Kier molecular flexibility index (Phi) is 7.15. The van der Waals surface area contributed by atoms with E-state index in [4.69, 9.17) is 5.73 Å². The minimum atomic E-state index is -0.957. The van der Waals surface area contributed by atoms with Crippen molar-refractivity contribution in [1.82, 2.24) is 4.90 Å². The Morgan fingerprint density at radius 2 is 2.05 bits per heavy atom. The van der Waals surface area contributed by atoms with Gasteiger partial charge < -0.3 is 15.7 Å². The highest BCUT2D eigenvalue weighted by molar-refractivity contribution is 5.87. The van der Waals surface area contributed by atoms with Crippen LogP contribution in [-0.2, 0) is 9.59 Å². The van der Waals surface area contributed by atoms with E-state index >= 15 is 0 Å². The molecule has 1 fully saturated rings. The molecule has 21 heavy (non-hydrogen) atoms. The van der Waals surface area contributed by atoms with Crippen LogP contribution in [0.3, 0.4) is 0 Å². The number of amides is 1. The molecule has 0 aromatic heterocycles.